The van der Waals surface area contributed by atoms with Crippen LogP contribution in [0.15, 0.2) is 0 Å². The van der Waals surface area contributed by atoms with Crippen molar-refractivity contribution in [3.8, 4) is 0 Å². The Labute approximate surface area is 62.1 Å². The molecule has 0 spiro atoms. The zero-order valence-corrected chi connectivity index (χ0v) is 6.96. The summed E-state index contributed by atoms with van der Waals surface area (Å²) in [7, 11) is 0. The van der Waals surface area contributed by atoms with Crippen molar-refractivity contribution in [2.45, 2.75) is 32.4 Å². The van der Waals surface area contributed by atoms with Gasteiger partial charge in [-0.3, -0.25) is 0 Å². The van der Waals surface area contributed by atoms with Crippen molar-refractivity contribution < 1.29 is 15.5 Å². The molecule has 62 valence electrons. The molecule has 3 heteroatoms. The van der Waals surface area contributed by atoms with Gasteiger partial charge in [0.2, 0.25) is 0 Å². The van der Waals surface area contributed by atoms with E-state index >= 15 is 0 Å². The minimum atomic E-state index is -0.584. The maximum absolute atomic E-state index is 8.94. The van der Waals surface area contributed by atoms with Crippen LogP contribution >= 0.6 is 0 Å². The predicted octanol–water partition coefficient (Wildman–Crippen LogP) is -1.30. The van der Waals surface area contributed by atoms with E-state index in [0.717, 1.165) is 0 Å². The van der Waals surface area contributed by atoms with Crippen LogP contribution in [0.3, 0.4) is 0 Å². The molecule has 4 N–H and O–H groups in total. The van der Waals surface area contributed by atoms with Crippen LogP contribution in [0, 0.1) is 0 Å². The molecule has 0 aliphatic heterocycles. The molecule has 0 heterocycles. The lowest BCUT2D eigenvalue weighted by molar-refractivity contribution is -0.722. The van der Waals surface area contributed by atoms with E-state index in [1.807, 2.05) is 5.32 Å². The number of quaternary nitrogens is 1. The number of hydrogen-bond acceptors (Lipinski definition) is 2. The van der Waals surface area contributed by atoms with E-state index in [0.29, 0.717) is 6.54 Å². The summed E-state index contributed by atoms with van der Waals surface area (Å²) in [6.45, 7) is 6.62. The van der Waals surface area contributed by atoms with E-state index in [1.54, 1.807) is 0 Å². The molecule has 0 aliphatic carbocycles. The molecule has 0 aromatic heterocycles. The van der Waals surface area contributed by atoms with Gasteiger partial charge in [0.15, 0.2) is 0 Å². The maximum atomic E-state index is 8.94. The van der Waals surface area contributed by atoms with E-state index in [-0.39, 0.29) is 12.1 Å². The second-order valence-electron chi connectivity index (χ2n) is 3.64. The Morgan fingerprint density at radius 3 is 2.20 bits per heavy atom. The summed E-state index contributed by atoms with van der Waals surface area (Å²) < 4.78 is 0. The quantitative estimate of drug-likeness (QED) is 0.466. The van der Waals surface area contributed by atoms with Crippen LogP contribution in [0.2, 0.25) is 0 Å². The third kappa shape index (κ3) is 6.01. The first kappa shape index (κ1) is 9.88. The highest BCUT2D eigenvalue weighted by Crippen LogP contribution is 1.88. The summed E-state index contributed by atoms with van der Waals surface area (Å²) in [5.41, 5.74) is 0.135. The Bertz CT molecular complexity index is 88.1. The van der Waals surface area contributed by atoms with E-state index in [2.05, 4.69) is 20.8 Å². The highest BCUT2D eigenvalue weighted by atomic mass is 16.3. The van der Waals surface area contributed by atoms with Crippen molar-refractivity contribution in [2.75, 3.05) is 13.2 Å². The number of hydrogen-bond donors (Lipinski definition) is 3. The SMILES string of the molecule is CC(C)(C)[NH2+]C[C@@H](O)CO. The lowest BCUT2D eigenvalue weighted by Crippen LogP contribution is -2.96. The van der Waals surface area contributed by atoms with Crippen LogP contribution in [0.4, 0.5) is 0 Å². The zero-order chi connectivity index (χ0) is 8.20. The molecule has 1 atom stereocenters. The highest BCUT2D eigenvalue weighted by Gasteiger charge is 2.14. The molecular formula is C7H18NO2+. The fraction of sp³-hybridized carbons (Fsp3) is 1.00. The fourth-order valence-electron chi connectivity index (χ4n) is 0.564. The van der Waals surface area contributed by atoms with Crippen molar-refractivity contribution in [2.24, 2.45) is 0 Å². The standard InChI is InChI=1S/C7H17NO2/c1-7(2,3)8-4-6(10)5-9/h6,8-10H,4-5H2,1-3H3/p+1/t6-/m1/s1. The van der Waals surface area contributed by atoms with Gasteiger partial charge in [0.25, 0.3) is 0 Å². The van der Waals surface area contributed by atoms with Gasteiger partial charge >= 0.3 is 0 Å². The monoisotopic (exact) mass is 148 g/mol. The third-order valence-corrected chi connectivity index (χ3v) is 1.21. The van der Waals surface area contributed by atoms with Crippen molar-refractivity contribution in [1.82, 2.24) is 0 Å². The van der Waals surface area contributed by atoms with E-state index in [4.69, 9.17) is 10.2 Å². The normalized spacial score (nSPS) is 15.3. The molecule has 0 fully saturated rings. The Kier molecular flexibility index (Phi) is 3.86. The van der Waals surface area contributed by atoms with Crippen molar-refractivity contribution >= 4 is 0 Å². The molecule has 3 nitrogen and oxygen atoms in total. The largest absolute Gasteiger partial charge is 0.393 e. The highest BCUT2D eigenvalue weighted by molar-refractivity contribution is 4.54. The Balaban J connectivity index is 3.36. The smallest absolute Gasteiger partial charge is 0.126 e. The minimum absolute atomic E-state index is 0.135. The van der Waals surface area contributed by atoms with E-state index in [1.165, 1.54) is 0 Å². The summed E-state index contributed by atoms with van der Waals surface area (Å²) in [4.78, 5) is 0. The second kappa shape index (κ2) is 3.91. The summed E-state index contributed by atoms with van der Waals surface area (Å²) in [5.74, 6) is 0. The Morgan fingerprint density at radius 1 is 1.40 bits per heavy atom. The molecule has 0 saturated heterocycles. The van der Waals surface area contributed by atoms with Gasteiger partial charge in [0.1, 0.15) is 12.6 Å². The average molecular weight is 148 g/mol. The predicted molar refractivity (Wildman–Crippen MR) is 39.6 cm³/mol. The molecule has 0 radical (unpaired) electrons. The van der Waals surface area contributed by atoms with Gasteiger partial charge in [-0.15, -0.1) is 0 Å². The number of rotatable bonds is 3. The molecule has 0 aromatic rings. The van der Waals surface area contributed by atoms with Crippen molar-refractivity contribution in [3.05, 3.63) is 0 Å². The fourth-order valence-corrected chi connectivity index (χ4v) is 0.564. The molecule has 10 heavy (non-hydrogen) atoms. The molecule has 0 bridgehead atoms. The van der Waals surface area contributed by atoms with Crippen LogP contribution in [-0.4, -0.2) is 35.0 Å². The van der Waals surface area contributed by atoms with Crippen molar-refractivity contribution in [3.63, 3.8) is 0 Å². The van der Waals surface area contributed by atoms with Crippen LogP contribution in [0.25, 0.3) is 0 Å². The molecule has 0 rings (SSSR count). The molecule has 0 aromatic carbocycles. The van der Waals surface area contributed by atoms with Gasteiger partial charge in [-0.25, -0.2) is 0 Å². The first-order valence-electron chi connectivity index (χ1n) is 3.59. The summed E-state index contributed by atoms with van der Waals surface area (Å²) in [5, 5.41) is 19.4. The van der Waals surface area contributed by atoms with Gasteiger partial charge in [-0.05, 0) is 20.8 Å². The van der Waals surface area contributed by atoms with Crippen molar-refractivity contribution in [1.29, 1.82) is 0 Å². The Morgan fingerprint density at radius 2 is 1.90 bits per heavy atom. The lowest BCUT2D eigenvalue weighted by Gasteiger charge is -2.18. The number of nitrogens with two attached hydrogens (primary N) is 1. The van der Waals surface area contributed by atoms with Gasteiger partial charge in [0.05, 0.1) is 12.1 Å². The average Bonchev–Trinajstić information content (AvgIpc) is 1.81. The Hall–Kier alpha value is -0.120. The van der Waals surface area contributed by atoms with Crippen LogP contribution in [0.5, 0.6) is 0 Å². The van der Waals surface area contributed by atoms with Crippen LogP contribution < -0.4 is 5.32 Å². The van der Waals surface area contributed by atoms with E-state index < -0.39 is 6.10 Å². The molecule has 0 unspecified atom stereocenters. The molecule has 0 amide bonds. The number of aliphatic hydroxyl groups is 2. The lowest BCUT2D eigenvalue weighted by atomic mass is 10.1. The maximum Gasteiger partial charge on any atom is 0.126 e. The number of aliphatic hydroxyl groups excluding tert-OH is 2. The van der Waals surface area contributed by atoms with Gasteiger partial charge < -0.3 is 15.5 Å². The minimum Gasteiger partial charge on any atom is -0.393 e. The zero-order valence-electron chi connectivity index (χ0n) is 6.96. The van der Waals surface area contributed by atoms with Gasteiger partial charge in [0, 0.05) is 0 Å². The van der Waals surface area contributed by atoms with E-state index in [9.17, 15) is 0 Å². The second-order valence-corrected chi connectivity index (χ2v) is 3.64. The van der Waals surface area contributed by atoms with Crippen LogP contribution in [-0.2, 0) is 0 Å². The summed E-state index contributed by atoms with van der Waals surface area (Å²) in [6.07, 6.45) is -0.584. The summed E-state index contributed by atoms with van der Waals surface area (Å²) >= 11 is 0. The first-order valence-corrected chi connectivity index (χ1v) is 3.59. The molecule has 0 saturated carbocycles. The van der Waals surface area contributed by atoms with Gasteiger partial charge in [-0.2, -0.15) is 0 Å². The third-order valence-electron chi connectivity index (χ3n) is 1.21. The van der Waals surface area contributed by atoms with Crippen LogP contribution in [0.1, 0.15) is 20.8 Å². The first-order chi connectivity index (χ1) is 4.45. The molecular weight excluding hydrogens is 130 g/mol. The summed E-state index contributed by atoms with van der Waals surface area (Å²) in [6, 6.07) is 0. The van der Waals surface area contributed by atoms with Gasteiger partial charge in [-0.1, -0.05) is 0 Å². The molecule has 0 aliphatic rings. The topological polar surface area (TPSA) is 57.1 Å².